The van der Waals surface area contributed by atoms with Crippen LogP contribution in [0, 0.1) is 0 Å². The molecule has 1 aromatic carbocycles. The zero-order chi connectivity index (χ0) is 13.8. The minimum absolute atomic E-state index is 0.00300. The van der Waals surface area contributed by atoms with Gasteiger partial charge in [0.05, 0.1) is 0 Å². The Hall–Kier alpha value is -1.84. The van der Waals surface area contributed by atoms with Crippen molar-refractivity contribution in [2.75, 3.05) is 6.54 Å². The van der Waals surface area contributed by atoms with Gasteiger partial charge in [0.2, 0.25) is 11.8 Å². The van der Waals surface area contributed by atoms with Crippen molar-refractivity contribution >= 4 is 11.8 Å². The third-order valence-corrected chi connectivity index (χ3v) is 3.53. The molecule has 4 nitrogen and oxygen atoms in total. The van der Waals surface area contributed by atoms with Gasteiger partial charge in [-0.3, -0.25) is 9.59 Å². The topological polar surface area (TPSA) is 49.4 Å². The van der Waals surface area contributed by atoms with Crippen LogP contribution in [0.2, 0.25) is 0 Å². The predicted octanol–water partition coefficient (Wildman–Crippen LogP) is 1.49. The Bertz CT molecular complexity index is 485. The Morgan fingerprint density at radius 2 is 1.95 bits per heavy atom. The molecule has 1 heterocycles. The Kier molecular flexibility index (Phi) is 4.20. The average Bonchev–Trinajstić information content (AvgIpc) is 2.53. The average molecular weight is 260 g/mol. The van der Waals surface area contributed by atoms with Gasteiger partial charge >= 0.3 is 0 Å². The van der Waals surface area contributed by atoms with Crippen molar-refractivity contribution in [3.05, 3.63) is 35.4 Å². The van der Waals surface area contributed by atoms with Gasteiger partial charge < -0.3 is 10.2 Å². The van der Waals surface area contributed by atoms with Crippen LogP contribution in [0.4, 0.5) is 0 Å². The lowest BCUT2D eigenvalue weighted by Crippen LogP contribution is -2.42. The lowest BCUT2D eigenvalue weighted by molar-refractivity contribution is -0.133. The number of amides is 2. The quantitative estimate of drug-likeness (QED) is 0.895. The molecule has 0 radical (unpaired) electrons. The number of hydrogen-bond acceptors (Lipinski definition) is 2. The van der Waals surface area contributed by atoms with E-state index < -0.39 is 6.04 Å². The largest absolute Gasteiger partial charge is 0.345 e. The van der Waals surface area contributed by atoms with Crippen LogP contribution in [0.1, 0.15) is 31.4 Å². The van der Waals surface area contributed by atoms with E-state index >= 15 is 0 Å². The van der Waals surface area contributed by atoms with E-state index in [1.54, 1.807) is 11.8 Å². The number of aryl methyl sites for hydroxylation is 1. The number of rotatable bonds is 3. The van der Waals surface area contributed by atoms with E-state index in [-0.39, 0.29) is 11.8 Å². The number of carbonyl (C=O) groups excluding carboxylic acids is 2. The summed E-state index contributed by atoms with van der Waals surface area (Å²) in [5.74, 6) is -0.0520. The molecule has 1 aliphatic heterocycles. The minimum atomic E-state index is -0.427. The molecular formula is C15H20N2O2. The summed E-state index contributed by atoms with van der Waals surface area (Å²) < 4.78 is 0. The van der Waals surface area contributed by atoms with Gasteiger partial charge in [0.15, 0.2) is 0 Å². The smallest absolute Gasteiger partial charge is 0.245 e. The van der Waals surface area contributed by atoms with Crippen LogP contribution in [0.25, 0.3) is 0 Å². The highest BCUT2D eigenvalue weighted by Crippen LogP contribution is 2.14. The van der Waals surface area contributed by atoms with Gasteiger partial charge in [0.1, 0.15) is 6.04 Å². The molecule has 1 atom stereocenters. The summed E-state index contributed by atoms with van der Waals surface area (Å²) >= 11 is 0. The molecule has 1 aliphatic rings. The van der Waals surface area contributed by atoms with Crippen molar-refractivity contribution in [2.24, 2.45) is 0 Å². The maximum atomic E-state index is 12.2. The van der Waals surface area contributed by atoms with E-state index in [9.17, 15) is 9.59 Å². The molecule has 1 saturated heterocycles. The van der Waals surface area contributed by atoms with Gasteiger partial charge in [0.25, 0.3) is 0 Å². The maximum Gasteiger partial charge on any atom is 0.245 e. The second-order valence-electron chi connectivity index (χ2n) is 4.92. The molecule has 0 saturated carbocycles. The third-order valence-electron chi connectivity index (χ3n) is 3.53. The first-order chi connectivity index (χ1) is 9.11. The SMILES string of the molecule is CCc1ccccc1CN1CCC(=O)NC(C)C1=O. The summed E-state index contributed by atoms with van der Waals surface area (Å²) in [6.45, 7) is 4.93. The number of nitrogens with one attached hydrogen (secondary N) is 1. The van der Waals surface area contributed by atoms with Crippen LogP contribution in [0.15, 0.2) is 24.3 Å². The van der Waals surface area contributed by atoms with Crippen LogP contribution in [0.3, 0.4) is 0 Å². The van der Waals surface area contributed by atoms with Gasteiger partial charge in [-0.1, -0.05) is 31.2 Å². The van der Waals surface area contributed by atoms with E-state index in [4.69, 9.17) is 0 Å². The zero-order valence-corrected chi connectivity index (χ0v) is 11.5. The normalized spacial score (nSPS) is 20.1. The van der Waals surface area contributed by atoms with Crippen molar-refractivity contribution in [3.8, 4) is 0 Å². The fraction of sp³-hybridized carbons (Fsp3) is 0.467. The molecule has 102 valence electrons. The Morgan fingerprint density at radius 1 is 1.26 bits per heavy atom. The molecule has 1 N–H and O–H groups in total. The minimum Gasteiger partial charge on any atom is -0.345 e. The third kappa shape index (κ3) is 3.13. The van der Waals surface area contributed by atoms with Crippen LogP contribution in [0.5, 0.6) is 0 Å². The number of carbonyl (C=O) groups is 2. The van der Waals surface area contributed by atoms with Gasteiger partial charge in [-0.05, 0) is 24.5 Å². The van der Waals surface area contributed by atoms with E-state index in [2.05, 4.69) is 24.4 Å². The molecule has 2 rings (SSSR count). The molecule has 1 unspecified atom stereocenters. The Labute approximate surface area is 113 Å². The van der Waals surface area contributed by atoms with E-state index in [1.165, 1.54) is 11.1 Å². The van der Waals surface area contributed by atoms with Crippen molar-refractivity contribution in [1.82, 2.24) is 10.2 Å². The number of benzene rings is 1. The van der Waals surface area contributed by atoms with E-state index in [0.29, 0.717) is 19.5 Å². The first-order valence-corrected chi connectivity index (χ1v) is 6.76. The van der Waals surface area contributed by atoms with E-state index in [1.807, 2.05) is 12.1 Å². The zero-order valence-electron chi connectivity index (χ0n) is 11.5. The van der Waals surface area contributed by atoms with Crippen LogP contribution in [-0.2, 0) is 22.6 Å². The summed E-state index contributed by atoms with van der Waals surface area (Å²) in [5, 5.41) is 2.71. The maximum absolute atomic E-state index is 12.2. The monoisotopic (exact) mass is 260 g/mol. The Balaban J connectivity index is 2.17. The number of hydrogen-bond donors (Lipinski definition) is 1. The lowest BCUT2D eigenvalue weighted by Gasteiger charge is -2.23. The molecule has 0 spiro atoms. The summed E-state index contributed by atoms with van der Waals surface area (Å²) in [4.78, 5) is 25.5. The molecule has 1 aromatic rings. The molecule has 2 amide bonds. The predicted molar refractivity (Wildman–Crippen MR) is 73.5 cm³/mol. The molecule has 0 bridgehead atoms. The van der Waals surface area contributed by atoms with Gasteiger partial charge in [-0.2, -0.15) is 0 Å². The van der Waals surface area contributed by atoms with Crippen molar-refractivity contribution < 1.29 is 9.59 Å². The highest BCUT2D eigenvalue weighted by Gasteiger charge is 2.26. The van der Waals surface area contributed by atoms with Crippen molar-refractivity contribution in [1.29, 1.82) is 0 Å². The summed E-state index contributed by atoms with van der Waals surface area (Å²) in [5.41, 5.74) is 2.42. The summed E-state index contributed by atoms with van der Waals surface area (Å²) in [6.07, 6.45) is 1.33. The summed E-state index contributed by atoms with van der Waals surface area (Å²) in [6, 6.07) is 7.72. The van der Waals surface area contributed by atoms with Crippen LogP contribution < -0.4 is 5.32 Å². The fourth-order valence-corrected chi connectivity index (χ4v) is 2.42. The standard InChI is InChI=1S/C15H20N2O2/c1-3-12-6-4-5-7-13(12)10-17-9-8-14(18)16-11(2)15(17)19/h4-7,11H,3,8-10H2,1-2H3,(H,16,18). The van der Waals surface area contributed by atoms with Crippen LogP contribution >= 0.6 is 0 Å². The lowest BCUT2D eigenvalue weighted by atomic mass is 10.0. The first-order valence-electron chi connectivity index (χ1n) is 6.76. The van der Waals surface area contributed by atoms with Crippen molar-refractivity contribution in [3.63, 3.8) is 0 Å². The van der Waals surface area contributed by atoms with Crippen LogP contribution in [-0.4, -0.2) is 29.3 Å². The highest BCUT2D eigenvalue weighted by molar-refractivity contribution is 5.89. The number of nitrogens with zero attached hydrogens (tertiary/aromatic N) is 1. The fourth-order valence-electron chi connectivity index (χ4n) is 2.42. The molecule has 19 heavy (non-hydrogen) atoms. The van der Waals surface area contributed by atoms with Gasteiger partial charge in [0, 0.05) is 19.5 Å². The van der Waals surface area contributed by atoms with E-state index in [0.717, 1.165) is 6.42 Å². The second kappa shape index (κ2) is 5.87. The molecular weight excluding hydrogens is 240 g/mol. The van der Waals surface area contributed by atoms with Crippen molar-refractivity contribution in [2.45, 2.75) is 39.3 Å². The first kappa shape index (κ1) is 13.6. The molecule has 1 fully saturated rings. The molecule has 0 aromatic heterocycles. The molecule has 4 heteroatoms. The molecule has 0 aliphatic carbocycles. The second-order valence-corrected chi connectivity index (χ2v) is 4.92. The van der Waals surface area contributed by atoms with Gasteiger partial charge in [-0.25, -0.2) is 0 Å². The summed E-state index contributed by atoms with van der Waals surface area (Å²) in [7, 11) is 0. The highest BCUT2D eigenvalue weighted by atomic mass is 16.2. The van der Waals surface area contributed by atoms with Gasteiger partial charge in [-0.15, -0.1) is 0 Å². The Morgan fingerprint density at radius 3 is 2.63 bits per heavy atom.